The third kappa shape index (κ3) is 6.15. The van der Waals surface area contributed by atoms with E-state index in [1.807, 2.05) is 50.3 Å². The zero-order valence-electron chi connectivity index (χ0n) is 20.6. The molecule has 2 aromatic rings. The van der Waals surface area contributed by atoms with E-state index < -0.39 is 6.10 Å². The van der Waals surface area contributed by atoms with Gasteiger partial charge in [0.1, 0.15) is 17.7 Å². The standard InChI is InChI=1S/C24H34N6O4/c1-16(17-12-26-29(3)13-17)27-24-22(25-2)7-8-23(28-24)30(14-19(31)15-32-4)18-9-20(33-5)11-21(10-18)34-6/h7,9-13,19,23,25,31H,8,14-15H2,1-6H3. The Bertz CT molecular complexity index is 1040. The summed E-state index contributed by atoms with van der Waals surface area (Å²) in [7, 11) is 8.50. The van der Waals surface area contributed by atoms with Gasteiger partial charge in [-0.15, -0.1) is 0 Å². The highest BCUT2D eigenvalue weighted by atomic mass is 16.5. The lowest BCUT2D eigenvalue weighted by Gasteiger charge is -2.34. The summed E-state index contributed by atoms with van der Waals surface area (Å²) in [5, 5.41) is 18.0. The molecule has 1 aromatic carbocycles. The van der Waals surface area contributed by atoms with Crippen LogP contribution in [0.4, 0.5) is 5.69 Å². The van der Waals surface area contributed by atoms with Crippen LogP contribution in [0.15, 0.2) is 52.4 Å². The molecule has 0 radical (unpaired) electrons. The number of dihydropyridines is 1. The van der Waals surface area contributed by atoms with E-state index in [2.05, 4.69) is 16.5 Å². The second-order valence-electron chi connectivity index (χ2n) is 7.97. The molecule has 0 saturated heterocycles. The molecule has 10 heteroatoms. The van der Waals surface area contributed by atoms with Gasteiger partial charge in [0.15, 0.2) is 5.84 Å². The minimum Gasteiger partial charge on any atom is -0.497 e. The molecule has 3 rings (SSSR count). The number of aliphatic hydroxyl groups excluding tert-OH is 1. The second kappa shape index (κ2) is 11.7. The molecule has 2 unspecified atom stereocenters. The first-order chi connectivity index (χ1) is 16.4. The number of nitrogens with one attached hydrogen (secondary N) is 1. The molecule has 2 heterocycles. The number of hydrogen-bond acceptors (Lipinski definition) is 9. The van der Waals surface area contributed by atoms with Crippen LogP contribution in [0.2, 0.25) is 0 Å². The van der Waals surface area contributed by atoms with Crippen molar-refractivity contribution < 1.29 is 19.3 Å². The Morgan fingerprint density at radius 3 is 2.53 bits per heavy atom. The van der Waals surface area contributed by atoms with E-state index in [0.29, 0.717) is 30.3 Å². The maximum Gasteiger partial charge on any atom is 0.172 e. The summed E-state index contributed by atoms with van der Waals surface area (Å²) in [6.07, 6.45) is 5.37. The topological polar surface area (TPSA) is 106 Å². The SMILES string of the molecule is CNC1=CCC(N(CC(O)COC)c2cc(OC)cc(OC)c2)N=C1N=C(C)c1cnn(C)c1. The van der Waals surface area contributed by atoms with Gasteiger partial charge in [-0.05, 0) is 6.92 Å². The highest BCUT2D eigenvalue weighted by Gasteiger charge is 2.26. The van der Waals surface area contributed by atoms with E-state index in [0.717, 1.165) is 22.7 Å². The average molecular weight is 471 g/mol. The number of aryl methyl sites for hydroxylation is 1. The maximum absolute atomic E-state index is 10.6. The molecule has 0 bridgehead atoms. The number of methoxy groups -OCH3 is 3. The lowest BCUT2D eigenvalue weighted by Crippen LogP contribution is -2.43. The van der Waals surface area contributed by atoms with E-state index in [9.17, 15) is 5.11 Å². The van der Waals surface area contributed by atoms with Crippen LogP contribution >= 0.6 is 0 Å². The molecule has 2 N–H and O–H groups in total. The molecule has 0 amide bonds. The van der Waals surface area contributed by atoms with Gasteiger partial charge < -0.3 is 29.5 Å². The van der Waals surface area contributed by atoms with E-state index >= 15 is 0 Å². The van der Waals surface area contributed by atoms with Gasteiger partial charge in [0.05, 0.1) is 44.5 Å². The van der Waals surface area contributed by atoms with Crippen molar-refractivity contribution in [2.24, 2.45) is 17.0 Å². The van der Waals surface area contributed by atoms with Crippen LogP contribution in [0.3, 0.4) is 0 Å². The third-order valence-electron chi connectivity index (χ3n) is 5.50. The number of hydrogen-bond donors (Lipinski definition) is 2. The molecule has 0 spiro atoms. The Hall–Kier alpha value is -3.37. The van der Waals surface area contributed by atoms with Crippen LogP contribution in [0.25, 0.3) is 0 Å². The summed E-state index contributed by atoms with van der Waals surface area (Å²) in [6, 6.07) is 5.61. The lowest BCUT2D eigenvalue weighted by atomic mass is 10.1. The molecular weight excluding hydrogens is 436 g/mol. The fourth-order valence-electron chi connectivity index (χ4n) is 3.74. The molecule has 184 valence electrons. The number of anilines is 1. The summed E-state index contributed by atoms with van der Waals surface area (Å²) in [5.41, 5.74) is 3.39. The summed E-state index contributed by atoms with van der Waals surface area (Å²) in [4.78, 5) is 11.8. The minimum atomic E-state index is -0.712. The Balaban J connectivity index is 2.02. The van der Waals surface area contributed by atoms with Crippen molar-refractivity contribution in [3.05, 3.63) is 47.9 Å². The quantitative estimate of drug-likeness (QED) is 0.512. The number of aliphatic imine (C=N–C) groups is 2. The monoisotopic (exact) mass is 470 g/mol. The average Bonchev–Trinajstić information content (AvgIpc) is 3.28. The zero-order valence-corrected chi connectivity index (χ0v) is 20.6. The van der Waals surface area contributed by atoms with Crippen LogP contribution < -0.4 is 19.7 Å². The highest BCUT2D eigenvalue weighted by Crippen LogP contribution is 2.31. The van der Waals surface area contributed by atoms with E-state index in [-0.39, 0.29) is 12.8 Å². The molecule has 1 aromatic heterocycles. The van der Waals surface area contributed by atoms with E-state index in [1.165, 1.54) is 0 Å². The fraction of sp³-hybridized carbons (Fsp3) is 0.458. The molecule has 2 atom stereocenters. The van der Waals surface area contributed by atoms with Crippen LogP contribution in [-0.2, 0) is 11.8 Å². The van der Waals surface area contributed by atoms with Crippen LogP contribution in [0.5, 0.6) is 11.5 Å². The van der Waals surface area contributed by atoms with Gasteiger partial charge in [-0.2, -0.15) is 5.10 Å². The predicted octanol–water partition coefficient (Wildman–Crippen LogP) is 1.99. The highest BCUT2D eigenvalue weighted by molar-refractivity contribution is 6.11. The number of benzene rings is 1. The van der Waals surface area contributed by atoms with Crippen molar-refractivity contribution in [2.45, 2.75) is 25.6 Å². The number of aliphatic hydroxyl groups is 1. The van der Waals surface area contributed by atoms with Crippen LogP contribution in [0.1, 0.15) is 18.9 Å². The molecule has 0 aliphatic carbocycles. The second-order valence-corrected chi connectivity index (χ2v) is 7.97. The van der Waals surface area contributed by atoms with Crippen molar-refractivity contribution in [1.29, 1.82) is 0 Å². The van der Waals surface area contributed by atoms with Gasteiger partial charge in [0.25, 0.3) is 0 Å². The largest absolute Gasteiger partial charge is 0.497 e. The normalized spacial score (nSPS) is 17.0. The Labute approximate surface area is 200 Å². The molecule has 1 aliphatic rings. The number of ether oxygens (including phenoxy) is 3. The smallest absolute Gasteiger partial charge is 0.172 e. The summed E-state index contributed by atoms with van der Waals surface area (Å²) in [5.74, 6) is 1.89. The molecule has 0 saturated carbocycles. The fourth-order valence-corrected chi connectivity index (χ4v) is 3.74. The molecule has 1 aliphatic heterocycles. The number of amidine groups is 1. The van der Waals surface area contributed by atoms with Gasteiger partial charge in [-0.1, -0.05) is 6.08 Å². The van der Waals surface area contributed by atoms with Gasteiger partial charge in [0.2, 0.25) is 0 Å². The van der Waals surface area contributed by atoms with Gasteiger partial charge in [-0.25, -0.2) is 9.98 Å². The predicted molar refractivity (Wildman–Crippen MR) is 133 cm³/mol. The van der Waals surface area contributed by atoms with E-state index in [1.54, 1.807) is 32.2 Å². The molecular formula is C24H34N6O4. The van der Waals surface area contributed by atoms with Crippen molar-refractivity contribution >= 4 is 17.2 Å². The van der Waals surface area contributed by atoms with Crippen molar-refractivity contribution in [3.8, 4) is 11.5 Å². The summed E-state index contributed by atoms with van der Waals surface area (Å²) < 4.78 is 17.8. The lowest BCUT2D eigenvalue weighted by molar-refractivity contribution is 0.0677. The Kier molecular flexibility index (Phi) is 8.67. The van der Waals surface area contributed by atoms with Gasteiger partial charge in [-0.3, -0.25) is 4.68 Å². The van der Waals surface area contributed by atoms with Crippen LogP contribution in [0, 0.1) is 0 Å². The first-order valence-corrected chi connectivity index (χ1v) is 11.1. The zero-order chi connectivity index (χ0) is 24.7. The van der Waals surface area contributed by atoms with E-state index in [4.69, 9.17) is 24.2 Å². The molecule has 0 fully saturated rings. The van der Waals surface area contributed by atoms with Gasteiger partial charge >= 0.3 is 0 Å². The van der Waals surface area contributed by atoms with Crippen molar-refractivity contribution in [2.75, 3.05) is 46.4 Å². The molecule has 10 nitrogen and oxygen atoms in total. The minimum absolute atomic E-state index is 0.205. The number of likely N-dealkylation sites (N-methyl/N-ethyl adjacent to an activating group) is 1. The number of rotatable bonds is 10. The first-order valence-electron chi connectivity index (χ1n) is 11.1. The number of nitrogens with zero attached hydrogens (tertiary/aromatic N) is 5. The Morgan fingerprint density at radius 2 is 1.97 bits per heavy atom. The third-order valence-corrected chi connectivity index (χ3v) is 5.50. The van der Waals surface area contributed by atoms with Crippen LogP contribution in [-0.4, -0.2) is 80.2 Å². The molecule has 34 heavy (non-hydrogen) atoms. The van der Waals surface area contributed by atoms with Crippen molar-refractivity contribution in [1.82, 2.24) is 15.1 Å². The van der Waals surface area contributed by atoms with Crippen molar-refractivity contribution in [3.63, 3.8) is 0 Å². The van der Waals surface area contributed by atoms with Gasteiger partial charge in [0, 0.05) is 69.8 Å². The maximum atomic E-state index is 10.6. The first kappa shape index (κ1) is 25.3. The Morgan fingerprint density at radius 1 is 1.26 bits per heavy atom. The number of aromatic nitrogens is 2. The summed E-state index contributed by atoms with van der Waals surface area (Å²) >= 11 is 0. The summed E-state index contributed by atoms with van der Waals surface area (Å²) in [6.45, 7) is 2.44.